The van der Waals surface area contributed by atoms with Crippen LogP contribution in [0.2, 0.25) is 0 Å². The Morgan fingerprint density at radius 1 is 0.917 bits per heavy atom. The number of aryl methyl sites for hydroxylation is 2. The van der Waals surface area contributed by atoms with Crippen LogP contribution >= 0.6 is 0 Å². The molecule has 0 N–H and O–H groups in total. The maximum absolute atomic E-state index is 3.97. The quantitative estimate of drug-likeness (QED) is 0.502. The molecule has 0 atom stereocenters. The lowest BCUT2D eigenvalue weighted by molar-refractivity contribution is 1.13. The van der Waals surface area contributed by atoms with Gasteiger partial charge in [-0.2, -0.15) is 0 Å². The molecule has 24 heavy (non-hydrogen) atoms. The molecule has 0 saturated heterocycles. The van der Waals surface area contributed by atoms with Gasteiger partial charge in [-0.1, -0.05) is 102 Å². The Hall–Kier alpha value is -2.08. The van der Waals surface area contributed by atoms with E-state index < -0.39 is 0 Å². The molecule has 2 rings (SSSR count). The van der Waals surface area contributed by atoms with Crippen molar-refractivity contribution < 1.29 is 0 Å². The van der Waals surface area contributed by atoms with E-state index in [4.69, 9.17) is 0 Å². The van der Waals surface area contributed by atoms with E-state index in [0.717, 1.165) is 12.8 Å². The first kappa shape index (κ1) is 21.9. The molecule has 0 radical (unpaired) electrons. The molecule has 0 saturated carbocycles. The van der Waals surface area contributed by atoms with Crippen LogP contribution in [0.25, 0.3) is 5.57 Å². The highest BCUT2D eigenvalue weighted by Gasteiger charge is 2.03. The molecular weight excluding hydrogens is 288 g/mol. The van der Waals surface area contributed by atoms with Crippen LogP contribution < -0.4 is 0 Å². The smallest absolute Gasteiger partial charge is 0.00882 e. The first-order valence-corrected chi connectivity index (χ1v) is 9.21. The van der Waals surface area contributed by atoms with Crippen molar-refractivity contribution in [3.8, 4) is 0 Å². The second-order valence-electron chi connectivity index (χ2n) is 5.06. The first-order chi connectivity index (χ1) is 11.7. The minimum atomic E-state index is 0.942. The van der Waals surface area contributed by atoms with Crippen LogP contribution in [0.3, 0.4) is 0 Å². The fourth-order valence-corrected chi connectivity index (χ4v) is 2.41. The van der Waals surface area contributed by atoms with Gasteiger partial charge in [0.1, 0.15) is 0 Å². The number of hydrogen-bond donors (Lipinski definition) is 0. The maximum Gasteiger partial charge on any atom is -0.00882 e. The zero-order valence-electron chi connectivity index (χ0n) is 16.4. The number of allylic oxidation sites excluding steroid dienone is 3. The highest BCUT2D eigenvalue weighted by atomic mass is 14.1. The average molecular weight is 323 g/mol. The van der Waals surface area contributed by atoms with Gasteiger partial charge in [-0.05, 0) is 47.6 Å². The molecule has 130 valence electrons. The fraction of sp³-hybridized carbons (Fsp3) is 0.333. The summed E-state index contributed by atoms with van der Waals surface area (Å²) in [6.07, 6.45) is 6.24. The molecule has 0 unspecified atom stereocenters. The predicted octanol–water partition coefficient (Wildman–Crippen LogP) is 7.42. The minimum absolute atomic E-state index is 0.942. The van der Waals surface area contributed by atoms with Gasteiger partial charge in [0, 0.05) is 0 Å². The van der Waals surface area contributed by atoms with E-state index in [1.54, 1.807) is 0 Å². The third-order valence-corrected chi connectivity index (χ3v) is 3.63. The predicted molar refractivity (Wildman–Crippen MR) is 112 cm³/mol. The third-order valence-electron chi connectivity index (χ3n) is 3.63. The van der Waals surface area contributed by atoms with E-state index >= 15 is 0 Å². The summed E-state index contributed by atoms with van der Waals surface area (Å²) in [6, 6.07) is 17.2. The Morgan fingerprint density at radius 2 is 1.54 bits per heavy atom. The summed E-state index contributed by atoms with van der Waals surface area (Å²) in [4.78, 5) is 0. The van der Waals surface area contributed by atoms with E-state index in [1.807, 2.05) is 33.8 Å². The van der Waals surface area contributed by atoms with Gasteiger partial charge < -0.3 is 0 Å². The molecule has 0 aliphatic rings. The van der Waals surface area contributed by atoms with Crippen molar-refractivity contribution in [3.63, 3.8) is 0 Å². The van der Waals surface area contributed by atoms with E-state index in [2.05, 4.69) is 75.0 Å². The van der Waals surface area contributed by atoms with Gasteiger partial charge in [-0.3, -0.25) is 0 Å². The van der Waals surface area contributed by atoms with Crippen molar-refractivity contribution in [3.05, 3.63) is 89.5 Å². The van der Waals surface area contributed by atoms with Crippen LogP contribution in [0.4, 0.5) is 0 Å². The normalized spacial score (nSPS) is 10.0. The Labute approximate surface area is 150 Å². The second-order valence-corrected chi connectivity index (χ2v) is 5.06. The molecule has 0 heterocycles. The average Bonchev–Trinajstić information content (AvgIpc) is 2.67. The molecule has 0 bridgehead atoms. The van der Waals surface area contributed by atoms with E-state index in [-0.39, 0.29) is 0 Å². The lowest BCUT2D eigenvalue weighted by Crippen LogP contribution is -1.91. The summed E-state index contributed by atoms with van der Waals surface area (Å²) in [5, 5.41) is 0. The van der Waals surface area contributed by atoms with E-state index in [1.165, 1.54) is 27.8 Å². The molecule has 0 heteroatoms. The topological polar surface area (TPSA) is 0 Å². The Balaban J connectivity index is 0.00000123. The van der Waals surface area contributed by atoms with Crippen LogP contribution in [0, 0.1) is 6.92 Å². The van der Waals surface area contributed by atoms with Crippen LogP contribution in [-0.2, 0) is 12.8 Å². The van der Waals surface area contributed by atoms with Crippen molar-refractivity contribution >= 4 is 5.57 Å². The van der Waals surface area contributed by atoms with Gasteiger partial charge in [0.15, 0.2) is 0 Å². The molecule has 0 nitrogen and oxygen atoms in total. The molecule has 0 aliphatic carbocycles. The van der Waals surface area contributed by atoms with Crippen molar-refractivity contribution in [2.45, 2.75) is 54.4 Å². The molecule has 2 aromatic rings. The van der Waals surface area contributed by atoms with Crippen LogP contribution in [0.5, 0.6) is 0 Å². The van der Waals surface area contributed by atoms with E-state index in [0.29, 0.717) is 0 Å². The highest BCUT2D eigenvalue weighted by molar-refractivity contribution is 5.75. The summed E-state index contributed by atoms with van der Waals surface area (Å²) in [6.45, 7) is 16.3. The van der Waals surface area contributed by atoms with Crippen molar-refractivity contribution in [1.82, 2.24) is 0 Å². The lowest BCUT2D eigenvalue weighted by atomic mass is 9.96. The lowest BCUT2D eigenvalue weighted by Gasteiger charge is -2.09. The zero-order valence-corrected chi connectivity index (χ0v) is 16.4. The minimum Gasteiger partial charge on any atom is -0.0985 e. The van der Waals surface area contributed by atoms with Gasteiger partial charge in [0.2, 0.25) is 0 Å². The third kappa shape index (κ3) is 7.00. The Morgan fingerprint density at radius 3 is 2.04 bits per heavy atom. The van der Waals surface area contributed by atoms with E-state index in [9.17, 15) is 0 Å². The highest BCUT2D eigenvalue weighted by Crippen LogP contribution is 2.22. The van der Waals surface area contributed by atoms with Gasteiger partial charge in [0.05, 0.1) is 0 Å². The van der Waals surface area contributed by atoms with Gasteiger partial charge in [-0.15, -0.1) is 0 Å². The molecule has 0 spiro atoms. The van der Waals surface area contributed by atoms with Gasteiger partial charge >= 0.3 is 0 Å². The monoisotopic (exact) mass is 322 g/mol. The van der Waals surface area contributed by atoms with Crippen LogP contribution in [-0.4, -0.2) is 0 Å². The summed E-state index contributed by atoms with van der Waals surface area (Å²) < 4.78 is 0. The largest absolute Gasteiger partial charge is 0.0985 e. The molecule has 0 aromatic heterocycles. The summed E-state index contributed by atoms with van der Waals surface area (Å²) >= 11 is 0. The molecule has 0 fully saturated rings. The van der Waals surface area contributed by atoms with Crippen LogP contribution in [0.1, 0.15) is 56.9 Å². The maximum atomic E-state index is 3.97. The van der Waals surface area contributed by atoms with Gasteiger partial charge in [0.25, 0.3) is 0 Å². The van der Waals surface area contributed by atoms with Crippen molar-refractivity contribution in [2.75, 3.05) is 0 Å². The first-order valence-electron chi connectivity index (χ1n) is 9.21. The summed E-state index contributed by atoms with van der Waals surface area (Å²) in [5.41, 5.74) is 6.54. The molecule has 0 aliphatic heterocycles. The summed E-state index contributed by atoms with van der Waals surface area (Å²) in [7, 11) is 0. The standard InChI is InChI=1S/C20H22.2C2H6/c1-4-17-12-14-20(16(3)15-17)19(5-2)13-11-18-9-7-6-8-10-18;2*1-2/h5-10,12-15H,2,4,11H2,1,3H3;2*1-2H3/b19-13+;;. The second kappa shape index (κ2) is 13.4. The molecule has 2 aromatic carbocycles. The van der Waals surface area contributed by atoms with Gasteiger partial charge in [-0.25, -0.2) is 0 Å². The van der Waals surface area contributed by atoms with Crippen molar-refractivity contribution in [2.24, 2.45) is 0 Å². The number of benzene rings is 2. The van der Waals surface area contributed by atoms with Crippen LogP contribution in [0.15, 0.2) is 67.3 Å². The Bertz CT molecular complexity index is 603. The molecular formula is C24H34. The fourth-order valence-electron chi connectivity index (χ4n) is 2.41. The number of hydrogen-bond acceptors (Lipinski definition) is 0. The zero-order chi connectivity index (χ0) is 18.4. The molecule has 0 amide bonds. The SMILES string of the molecule is C=C/C(=C\Cc1ccccc1)c1ccc(CC)cc1C.CC.CC. The van der Waals surface area contributed by atoms with Crippen molar-refractivity contribution in [1.29, 1.82) is 0 Å². The summed E-state index contributed by atoms with van der Waals surface area (Å²) in [5.74, 6) is 0. The number of rotatable bonds is 5. The Kier molecular flexibility index (Phi) is 12.2.